The van der Waals surface area contributed by atoms with Crippen LogP contribution in [0.5, 0.6) is 0 Å². The maximum absolute atomic E-state index is 12.1. The number of hydrogen-bond donors (Lipinski definition) is 2. The smallest absolute Gasteiger partial charge is 0.225 e. The Morgan fingerprint density at radius 1 is 1.28 bits per heavy atom. The highest BCUT2D eigenvalue weighted by Crippen LogP contribution is 2.29. The van der Waals surface area contributed by atoms with Crippen molar-refractivity contribution in [2.45, 2.75) is 45.1 Å². The van der Waals surface area contributed by atoms with Gasteiger partial charge in [-0.1, -0.05) is 12.8 Å². The van der Waals surface area contributed by atoms with Crippen LogP contribution in [0.1, 0.15) is 39.0 Å². The monoisotopic (exact) mass is 254 g/mol. The molecule has 18 heavy (non-hydrogen) atoms. The lowest BCUT2D eigenvalue weighted by Gasteiger charge is -2.31. The number of hydrogen-bond acceptors (Lipinski definition) is 3. The highest BCUT2D eigenvalue weighted by Gasteiger charge is 2.31. The molecule has 4 heteroatoms. The van der Waals surface area contributed by atoms with Gasteiger partial charge >= 0.3 is 0 Å². The second-order valence-corrected chi connectivity index (χ2v) is 5.76. The number of carbonyl (C=O) groups excluding carboxylic acids is 1. The van der Waals surface area contributed by atoms with E-state index in [4.69, 9.17) is 10.5 Å². The molecule has 1 saturated carbocycles. The number of nitrogens with two attached hydrogens (primary N) is 1. The molecule has 1 heterocycles. The molecule has 0 aromatic heterocycles. The zero-order chi connectivity index (χ0) is 13.0. The molecule has 3 N–H and O–H groups in total. The van der Waals surface area contributed by atoms with E-state index in [0.29, 0.717) is 18.4 Å². The summed E-state index contributed by atoms with van der Waals surface area (Å²) in [5, 5.41) is 3.11. The highest BCUT2D eigenvalue weighted by molar-refractivity contribution is 5.79. The largest absolute Gasteiger partial charge is 0.378 e. The van der Waals surface area contributed by atoms with Crippen LogP contribution in [0.2, 0.25) is 0 Å². The zero-order valence-corrected chi connectivity index (χ0v) is 11.4. The molecule has 4 unspecified atom stereocenters. The van der Waals surface area contributed by atoms with E-state index in [1.165, 1.54) is 25.7 Å². The maximum atomic E-state index is 12.1. The third-order valence-corrected chi connectivity index (χ3v) is 4.62. The molecule has 2 fully saturated rings. The van der Waals surface area contributed by atoms with Crippen LogP contribution in [-0.4, -0.2) is 31.7 Å². The lowest BCUT2D eigenvalue weighted by Crippen LogP contribution is -2.40. The van der Waals surface area contributed by atoms with Gasteiger partial charge in [-0.3, -0.25) is 4.79 Å². The quantitative estimate of drug-likeness (QED) is 0.794. The van der Waals surface area contributed by atoms with Crippen molar-refractivity contribution in [1.82, 2.24) is 5.32 Å². The Bertz CT molecular complexity index is 283. The van der Waals surface area contributed by atoms with E-state index in [2.05, 4.69) is 5.32 Å². The standard InChI is InChI=1S/C14H26N2O2/c1-10-13(6-7-18-10)14(17)16-9-12-5-3-2-4-11(12)8-15/h10-13H,2-9,15H2,1H3,(H,16,17). The van der Waals surface area contributed by atoms with Crippen molar-refractivity contribution in [1.29, 1.82) is 0 Å². The second kappa shape index (κ2) is 6.53. The molecule has 1 aliphatic carbocycles. The van der Waals surface area contributed by atoms with Crippen LogP contribution in [0.15, 0.2) is 0 Å². The summed E-state index contributed by atoms with van der Waals surface area (Å²) in [6.07, 6.45) is 5.93. The molecule has 0 radical (unpaired) electrons. The minimum Gasteiger partial charge on any atom is -0.378 e. The molecule has 1 saturated heterocycles. The summed E-state index contributed by atoms with van der Waals surface area (Å²) in [4.78, 5) is 12.1. The Balaban J connectivity index is 1.77. The van der Waals surface area contributed by atoms with E-state index < -0.39 is 0 Å². The van der Waals surface area contributed by atoms with E-state index in [1.54, 1.807) is 0 Å². The molecule has 2 aliphatic rings. The van der Waals surface area contributed by atoms with Crippen LogP contribution >= 0.6 is 0 Å². The average Bonchev–Trinajstić information content (AvgIpc) is 2.82. The van der Waals surface area contributed by atoms with Crippen LogP contribution in [0.25, 0.3) is 0 Å². The molecule has 0 aromatic rings. The number of amides is 1. The summed E-state index contributed by atoms with van der Waals surface area (Å²) in [6, 6.07) is 0. The topological polar surface area (TPSA) is 64.3 Å². The van der Waals surface area contributed by atoms with Gasteiger partial charge in [0.2, 0.25) is 5.91 Å². The minimum absolute atomic E-state index is 0.0462. The first-order valence-corrected chi connectivity index (χ1v) is 7.31. The predicted molar refractivity (Wildman–Crippen MR) is 71.0 cm³/mol. The minimum atomic E-state index is 0.0462. The second-order valence-electron chi connectivity index (χ2n) is 5.76. The summed E-state index contributed by atoms with van der Waals surface area (Å²) >= 11 is 0. The molecule has 4 atom stereocenters. The van der Waals surface area contributed by atoms with E-state index in [1.807, 2.05) is 6.92 Å². The van der Waals surface area contributed by atoms with Gasteiger partial charge in [-0.25, -0.2) is 0 Å². The van der Waals surface area contributed by atoms with Gasteiger partial charge < -0.3 is 15.8 Å². The summed E-state index contributed by atoms with van der Waals surface area (Å²) in [5.74, 6) is 1.38. The van der Waals surface area contributed by atoms with Gasteiger partial charge in [-0.2, -0.15) is 0 Å². The first-order valence-electron chi connectivity index (χ1n) is 7.31. The molecule has 1 amide bonds. The van der Waals surface area contributed by atoms with Crippen molar-refractivity contribution in [3.8, 4) is 0 Å². The number of carbonyl (C=O) groups is 1. The Morgan fingerprint density at radius 3 is 2.61 bits per heavy atom. The number of rotatable bonds is 4. The summed E-state index contributed by atoms with van der Waals surface area (Å²) in [6.45, 7) is 4.25. The third-order valence-electron chi connectivity index (χ3n) is 4.62. The molecule has 2 rings (SSSR count). The van der Waals surface area contributed by atoms with Crippen molar-refractivity contribution in [3.05, 3.63) is 0 Å². The van der Waals surface area contributed by atoms with Gasteiger partial charge in [0.05, 0.1) is 12.0 Å². The van der Waals surface area contributed by atoms with Crippen molar-refractivity contribution in [2.75, 3.05) is 19.7 Å². The fourth-order valence-electron chi connectivity index (χ4n) is 3.30. The number of nitrogens with one attached hydrogen (secondary N) is 1. The fourth-order valence-corrected chi connectivity index (χ4v) is 3.30. The van der Waals surface area contributed by atoms with Crippen LogP contribution < -0.4 is 11.1 Å². The van der Waals surface area contributed by atoms with Crippen LogP contribution in [-0.2, 0) is 9.53 Å². The maximum Gasteiger partial charge on any atom is 0.225 e. The first-order chi connectivity index (χ1) is 8.72. The Kier molecular flexibility index (Phi) is 5.01. The van der Waals surface area contributed by atoms with Crippen molar-refractivity contribution < 1.29 is 9.53 Å². The van der Waals surface area contributed by atoms with Gasteiger partial charge in [0.1, 0.15) is 0 Å². The lowest BCUT2D eigenvalue weighted by atomic mass is 9.79. The predicted octanol–water partition coefficient (Wildman–Crippen LogP) is 1.29. The Hall–Kier alpha value is -0.610. The Morgan fingerprint density at radius 2 is 2.00 bits per heavy atom. The average molecular weight is 254 g/mol. The summed E-state index contributed by atoms with van der Waals surface area (Å²) < 4.78 is 5.44. The lowest BCUT2D eigenvalue weighted by molar-refractivity contribution is -0.126. The SMILES string of the molecule is CC1OCCC1C(=O)NCC1CCCCC1CN. The molecule has 104 valence electrons. The van der Waals surface area contributed by atoms with Crippen molar-refractivity contribution in [2.24, 2.45) is 23.5 Å². The summed E-state index contributed by atoms with van der Waals surface area (Å²) in [7, 11) is 0. The zero-order valence-electron chi connectivity index (χ0n) is 11.4. The Labute approximate surface area is 110 Å². The number of ether oxygens (including phenoxy) is 1. The van der Waals surface area contributed by atoms with Crippen LogP contribution in [0.3, 0.4) is 0 Å². The summed E-state index contributed by atoms with van der Waals surface area (Å²) in [5.41, 5.74) is 5.81. The molecule has 4 nitrogen and oxygen atoms in total. The van der Waals surface area contributed by atoms with E-state index in [-0.39, 0.29) is 17.9 Å². The van der Waals surface area contributed by atoms with Gasteiger partial charge in [0.25, 0.3) is 0 Å². The van der Waals surface area contributed by atoms with Crippen molar-refractivity contribution in [3.63, 3.8) is 0 Å². The van der Waals surface area contributed by atoms with Gasteiger partial charge in [-0.05, 0) is 44.6 Å². The molecule has 0 spiro atoms. The van der Waals surface area contributed by atoms with E-state index >= 15 is 0 Å². The fraction of sp³-hybridized carbons (Fsp3) is 0.929. The molecule has 0 bridgehead atoms. The molecular formula is C14H26N2O2. The van der Waals surface area contributed by atoms with Crippen molar-refractivity contribution >= 4 is 5.91 Å². The van der Waals surface area contributed by atoms with E-state index in [0.717, 1.165) is 19.5 Å². The third kappa shape index (κ3) is 3.23. The molecule has 1 aliphatic heterocycles. The van der Waals surface area contributed by atoms with Gasteiger partial charge in [0.15, 0.2) is 0 Å². The highest BCUT2D eigenvalue weighted by atomic mass is 16.5. The molecular weight excluding hydrogens is 228 g/mol. The van der Waals surface area contributed by atoms with Gasteiger partial charge in [0, 0.05) is 13.2 Å². The first kappa shape index (κ1) is 13.8. The molecule has 0 aromatic carbocycles. The van der Waals surface area contributed by atoms with E-state index in [9.17, 15) is 4.79 Å². The normalized spacial score (nSPS) is 36.6. The van der Waals surface area contributed by atoms with Crippen LogP contribution in [0.4, 0.5) is 0 Å². The van der Waals surface area contributed by atoms with Gasteiger partial charge in [-0.15, -0.1) is 0 Å². The van der Waals surface area contributed by atoms with Crippen LogP contribution in [0, 0.1) is 17.8 Å².